The molecule has 1 nitrogen and oxygen atoms in total. The Hall–Kier alpha value is -0.150. The monoisotopic (exact) mass is 304 g/mol. The number of carbonyl (C=O) groups excluding carboxylic acids is 1. The van der Waals surface area contributed by atoms with Crippen molar-refractivity contribution in [3.63, 3.8) is 0 Å². The normalized spacial score (nSPS) is 10.2. The zero-order valence-electron chi connectivity index (χ0n) is 7.53. The maximum absolute atomic E-state index is 11.4. The van der Waals surface area contributed by atoms with E-state index in [2.05, 4.69) is 31.9 Å². The van der Waals surface area contributed by atoms with Crippen LogP contribution in [0.2, 0.25) is 0 Å². The summed E-state index contributed by atoms with van der Waals surface area (Å²) >= 11 is 6.60. The van der Waals surface area contributed by atoms with Gasteiger partial charge in [-0.1, -0.05) is 31.9 Å². The Balaban J connectivity index is 3.23. The van der Waals surface area contributed by atoms with Gasteiger partial charge >= 0.3 is 0 Å². The van der Waals surface area contributed by atoms with Crippen LogP contribution in [0.25, 0.3) is 0 Å². The highest BCUT2D eigenvalue weighted by atomic mass is 79.9. The van der Waals surface area contributed by atoms with E-state index in [1.807, 2.05) is 26.0 Å². The molecule has 1 aromatic rings. The number of Topliss-reactive ketones (excluding diaryl/α,β-unsaturated/α-hetero) is 1. The molecule has 1 rings (SSSR count). The van der Waals surface area contributed by atoms with Crippen molar-refractivity contribution < 1.29 is 4.79 Å². The van der Waals surface area contributed by atoms with Crippen LogP contribution in [-0.4, -0.2) is 11.1 Å². The van der Waals surface area contributed by atoms with Crippen LogP contribution in [0.1, 0.15) is 21.5 Å². The van der Waals surface area contributed by atoms with Crippen molar-refractivity contribution in [2.75, 3.05) is 5.33 Å². The second-order valence-corrected chi connectivity index (χ2v) is 4.39. The van der Waals surface area contributed by atoms with Gasteiger partial charge in [0, 0.05) is 10.0 Å². The predicted octanol–water partition coefficient (Wildman–Crippen LogP) is 3.64. The molecule has 0 aliphatic carbocycles. The SMILES string of the molecule is Cc1cc(C(=O)CBr)c(C)cc1Br. The third kappa shape index (κ3) is 2.41. The molecule has 0 fully saturated rings. The van der Waals surface area contributed by atoms with Gasteiger partial charge in [-0.2, -0.15) is 0 Å². The molecule has 0 amide bonds. The minimum Gasteiger partial charge on any atom is -0.293 e. The molecule has 13 heavy (non-hydrogen) atoms. The Labute approximate surface area is 94.8 Å². The zero-order valence-corrected chi connectivity index (χ0v) is 10.7. The van der Waals surface area contributed by atoms with Crippen LogP contribution in [0.3, 0.4) is 0 Å². The number of carbonyl (C=O) groups is 1. The van der Waals surface area contributed by atoms with Gasteiger partial charge in [0.1, 0.15) is 0 Å². The van der Waals surface area contributed by atoms with Crippen LogP contribution in [0, 0.1) is 13.8 Å². The molecule has 1 aromatic carbocycles. The fourth-order valence-electron chi connectivity index (χ4n) is 1.15. The minimum atomic E-state index is 0.133. The minimum absolute atomic E-state index is 0.133. The fourth-order valence-corrected chi connectivity index (χ4v) is 1.91. The Kier molecular flexibility index (Phi) is 3.68. The van der Waals surface area contributed by atoms with Gasteiger partial charge in [0.25, 0.3) is 0 Å². The summed E-state index contributed by atoms with van der Waals surface area (Å²) in [6.45, 7) is 3.93. The van der Waals surface area contributed by atoms with Crippen molar-refractivity contribution in [3.05, 3.63) is 33.3 Å². The smallest absolute Gasteiger partial charge is 0.173 e. The summed E-state index contributed by atoms with van der Waals surface area (Å²) in [5.74, 6) is 0.133. The lowest BCUT2D eigenvalue weighted by Gasteiger charge is -2.06. The average molecular weight is 306 g/mol. The van der Waals surface area contributed by atoms with Gasteiger partial charge in [-0.25, -0.2) is 0 Å². The summed E-state index contributed by atoms with van der Waals surface area (Å²) in [6, 6.07) is 3.90. The molecule has 0 spiro atoms. The molecular formula is C10H10Br2O. The summed E-state index contributed by atoms with van der Waals surface area (Å²) < 4.78 is 1.05. The predicted molar refractivity (Wildman–Crippen MR) is 61.7 cm³/mol. The van der Waals surface area contributed by atoms with Crippen LogP contribution in [0.5, 0.6) is 0 Å². The highest BCUT2D eigenvalue weighted by molar-refractivity contribution is 9.10. The number of rotatable bonds is 2. The molecule has 0 N–H and O–H groups in total. The molecule has 0 saturated carbocycles. The van der Waals surface area contributed by atoms with Crippen LogP contribution in [-0.2, 0) is 0 Å². The van der Waals surface area contributed by atoms with Gasteiger partial charge < -0.3 is 0 Å². The number of ketones is 1. The van der Waals surface area contributed by atoms with E-state index in [4.69, 9.17) is 0 Å². The van der Waals surface area contributed by atoms with Crippen molar-refractivity contribution >= 4 is 37.6 Å². The summed E-state index contributed by atoms with van der Waals surface area (Å²) in [4.78, 5) is 11.4. The summed E-state index contributed by atoms with van der Waals surface area (Å²) in [6.07, 6.45) is 0. The second-order valence-electron chi connectivity index (χ2n) is 2.97. The number of aryl methyl sites for hydroxylation is 2. The van der Waals surface area contributed by atoms with Gasteiger partial charge in [-0.15, -0.1) is 0 Å². The average Bonchev–Trinajstić information content (AvgIpc) is 2.10. The van der Waals surface area contributed by atoms with E-state index in [-0.39, 0.29) is 5.78 Å². The van der Waals surface area contributed by atoms with E-state index in [1.54, 1.807) is 0 Å². The molecule has 70 valence electrons. The molecule has 0 unspecified atom stereocenters. The third-order valence-electron chi connectivity index (χ3n) is 1.93. The van der Waals surface area contributed by atoms with Crippen molar-refractivity contribution in [3.8, 4) is 0 Å². The quantitative estimate of drug-likeness (QED) is 0.602. The van der Waals surface area contributed by atoms with Crippen molar-refractivity contribution in [1.29, 1.82) is 0 Å². The maximum Gasteiger partial charge on any atom is 0.173 e. The van der Waals surface area contributed by atoms with Gasteiger partial charge in [0.2, 0.25) is 0 Å². The number of hydrogen-bond acceptors (Lipinski definition) is 1. The summed E-state index contributed by atoms with van der Waals surface area (Å²) in [7, 11) is 0. The van der Waals surface area contributed by atoms with Gasteiger partial charge in [0.05, 0.1) is 5.33 Å². The van der Waals surface area contributed by atoms with Crippen LogP contribution in [0.15, 0.2) is 16.6 Å². The van der Waals surface area contributed by atoms with E-state index in [0.29, 0.717) is 5.33 Å². The maximum atomic E-state index is 11.4. The molecule has 3 heteroatoms. The van der Waals surface area contributed by atoms with Gasteiger partial charge in [-0.05, 0) is 37.1 Å². The van der Waals surface area contributed by atoms with Gasteiger partial charge in [-0.3, -0.25) is 4.79 Å². The molecule has 0 saturated heterocycles. The highest BCUT2D eigenvalue weighted by Gasteiger charge is 2.09. The van der Waals surface area contributed by atoms with E-state index in [0.717, 1.165) is 21.2 Å². The number of benzene rings is 1. The molecular weight excluding hydrogens is 296 g/mol. The Morgan fingerprint density at radius 2 is 1.92 bits per heavy atom. The topological polar surface area (TPSA) is 17.1 Å². The number of hydrogen-bond donors (Lipinski definition) is 0. The van der Waals surface area contributed by atoms with Crippen molar-refractivity contribution in [2.24, 2.45) is 0 Å². The first kappa shape index (κ1) is 10.9. The molecule has 0 aliphatic heterocycles. The zero-order chi connectivity index (χ0) is 10.0. The lowest BCUT2D eigenvalue weighted by Crippen LogP contribution is -2.03. The molecule has 0 aliphatic rings. The first-order chi connectivity index (χ1) is 6.06. The lowest BCUT2D eigenvalue weighted by molar-refractivity contribution is 0.102. The lowest BCUT2D eigenvalue weighted by atomic mass is 10.0. The fraction of sp³-hybridized carbons (Fsp3) is 0.300. The van der Waals surface area contributed by atoms with Crippen molar-refractivity contribution in [1.82, 2.24) is 0 Å². The molecule has 0 bridgehead atoms. The van der Waals surface area contributed by atoms with Gasteiger partial charge in [0.15, 0.2) is 5.78 Å². The van der Waals surface area contributed by atoms with E-state index in [9.17, 15) is 4.79 Å². The van der Waals surface area contributed by atoms with Crippen LogP contribution >= 0.6 is 31.9 Å². The first-order valence-electron chi connectivity index (χ1n) is 3.92. The van der Waals surface area contributed by atoms with Crippen LogP contribution < -0.4 is 0 Å². The molecule has 0 heterocycles. The van der Waals surface area contributed by atoms with Crippen LogP contribution in [0.4, 0.5) is 0 Å². The van der Waals surface area contributed by atoms with E-state index >= 15 is 0 Å². The Bertz CT molecular complexity index is 345. The standard InChI is InChI=1S/C10H10Br2O/c1-6-4-9(12)7(2)3-8(6)10(13)5-11/h3-4H,5H2,1-2H3. The number of alkyl halides is 1. The highest BCUT2D eigenvalue weighted by Crippen LogP contribution is 2.21. The molecule has 0 aromatic heterocycles. The second kappa shape index (κ2) is 4.38. The first-order valence-corrected chi connectivity index (χ1v) is 5.83. The largest absolute Gasteiger partial charge is 0.293 e. The summed E-state index contributed by atoms with van der Waals surface area (Å²) in [5.41, 5.74) is 2.91. The Morgan fingerprint density at radius 1 is 1.31 bits per heavy atom. The Morgan fingerprint density at radius 3 is 2.46 bits per heavy atom. The number of halogens is 2. The third-order valence-corrected chi connectivity index (χ3v) is 3.29. The van der Waals surface area contributed by atoms with E-state index in [1.165, 1.54) is 0 Å². The van der Waals surface area contributed by atoms with Crippen molar-refractivity contribution in [2.45, 2.75) is 13.8 Å². The summed E-state index contributed by atoms with van der Waals surface area (Å²) in [5, 5.41) is 0.384. The van der Waals surface area contributed by atoms with E-state index < -0.39 is 0 Å². The molecule has 0 atom stereocenters. The molecule has 0 radical (unpaired) electrons.